The number of aryl methyl sites for hydroxylation is 1. The number of rotatable bonds is 7. The maximum atomic E-state index is 12.9. The van der Waals surface area contributed by atoms with Gasteiger partial charge in [-0.15, -0.1) is 0 Å². The Morgan fingerprint density at radius 2 is 1.77 bits per heavy atom. The molecule has 2 aromatic heterocycles. The van der Waals surface area contributed by atoms with Crippen molar-refractivity contribution in [3.8, 4) is 5.75 Å². The van der Waals surface area contributed by atoms with Crippen molar-refractivity contribution in [1.82, 2.24) is 9.78 Å². The summed E-state index contributed by atoms with van der Waals surface area (Å²) in [4.78, 5) is 12.9. The quantitative estimate of drug-likeness (QED) is 0.276. The number of halogens is 1. The molecule has 35 heavy (non-hydrogen) atoms. The van der Waals surface area contributed by atoms with Gasteiger partial charge in [0, 0.05) is 10.4 Å². The first-order valence-corrected chi connectivity index (χ1v) is 11.7. The smallest absolute Gasteiger partial charge is 0.291 e. The van der Waals surface area contributed by atoms with E-state index in [2.05, 4.69) is 10.4 Å². The number of furan rings is 1. The van der Waals surface area contributed by atoms with Crippen LogP contribution in [0.5, 0.6) is 5.75 Å². The van der Waals surface area contributed by atoms with Crippen molar-refractivity contribution in [3.05, 3.63) is 112 Å². The molecule has 0 aliphatic heterocycles. The van der Waals surface area contributed by atoms with Gasteiger partial charge in [-0.2, -0.15) is 5.10 Å². The molecule has 7 heteroatoms. The lowest BCUT2D eigenvalue weighted by Crippen LogP contribution is -2.12. The van der Waals surface area contributed by atoms with Crippen LogP contribution in [-0.4, -0.2) is 15.7 Å². The third kappa shape index (κ3) is 4.79. The van der Waals surface area contributed by atoms with Crippen molar-refractivity contribution in [2.45, 2.75) is 27.0 Å². The molecule has 5 rings (SSSR count). The third-order valence-electron chi connectivity index (χ3n) is 5.90. The first-order chi connectivity index (χ1) is 17.0. The number of hydrogen-bond acceptors (Lipinski definition) is 4. The van der Waals surface area contributed by atoms with Crippen molar-refractivity contribution in [3.63, 3.8) is 0 Å². The highest BCUT2D eigenvalue weighted by Crippen LogP contribution is 2.27. The van der Waals surface area contributed by atoms with E-state index in [-0.39, 0.29) is 18.3 Å². The largest absolute Gasteiger partial charge is 0.485 e. The average Bonchev–Trinajstić information content (AvgIpc) is 3.44. The van der Waals surface area contributed by atoms with Gasteiger partial charge in [0.1, 0.15) is 18.1 Å². The Morgan fingerprint density at radius 1 is 1.00 bits per heavy atom. The molecule has 0 unspecified atom stereocenters. The van der Waals surface area contributed by atoms with Crippen molar-refractivity contribution in [2.24, 2.45) is 0 Å². The van der Waals surface area contributed by atoms with Crippen molar-refractivity contribution in [1.29, 1.82) is 0 Å². The SMILES string of the molecule is Cc1nn(Cc2ccccc2Cl)c(C)c1NC(=O)c1ccc(COc2cccc3ccccc23)o1. The summed E-state index contributed by atoms with van der Waals surface area (Å²) in [6.45, 7) is 4.50. The number of carbonyl (C=O) groups excluding carboxylic acids is 1. The van der Waals surface area contributed by atoms with Gasteiger partial charge in [0.2, 0.25) is 0 Å². The van der Waals surface area contributed by atoms with Gasteiger partial charge in [-0.25, -0.2) is 0 Å². The summed E-state index contributed by atoms with van der Waals surface area (Å²) in [5.74, 6) is 1.19. The van der Waals surface area contributed by atoms with Crippen LogP contribution < -0.4 is 10.1 Å². The zero-order chi connectivity index (χ0) is 24.4. The Kier molecular flexibility index (Phi) is 6.29. The summed E-state index contributed by atoms with van der Waals surface area (Å²) in [5, 5.41) is 10.3. The van der Waals surface area contributed by atoms with Crippen LogP contribution in [0.15, 0.2) is 83.3 Å². The maximum Gasteiger partial charge on any atom is 0.291 e. The highest BCUT2D eigenvalue weighted by Gasteiger charge is 2.18. The lowest BCUT2D eigenvalue weighted by atomic mass is 10.1. The zero-order valence-corrected chi connectivity index (χ0v) is 20.2. The number of nitrogens with zero attached hydrogens (tertiary/aromatic N) is 2. The van der Waals surface area contributed by atoms with E-state index in [4.69, 9.17) is 20.8 Å². The fraction of sp³-hybridized carbons (Fsp3) is 0.143. The first-order valence-electron chi connectivity index (χ1n) is 11.3. The lowest BCUT2D eigenvalue weighted by Gasteiger charge is -2.08. The Labute approximate surface area is 208 Å². The second-order valence-electron chi connectivity index (χ2n) is 8.28. The fourth-order valence-corrected chi connectivity index (χ4v) is 4.24. The molecule has 5 aromatic rings. The minimum Gasteiger partial charge on any atom is -0.485 e. The van der Waals surface area contributed by atoms with Gasteiger partial charge >= 0.3 is 0 Å². The van der Waals surface area contributed by atoms with E-state index < -0.39 is 0 Å². The molecule has 2 heterocycles. The lowest BCUT2D eigenvalue weighted by molar-refractivity contribution is 0.0992. The minimum atomic E-state index is -0.343. The Bertz CT molecular complexity index is 1510. The van der Waals surface area contributed by atoms with Gasteiger partial charge in [0.25, 0.3) is 5.91 Å². The number of fused-ring (bicyclic) bond motifs is 1. The second kappa shape index (κ2) is 9.68. The van der Waals surface area contributed by atoms with E-state index in [0.29, 0.717) is 28.7 Å². The van der Waals surface area contributed by atoms with Crippen LogP contribution in [0.2, 0.25) is 5.02 Å². The summed E-state index contributed by atoms with van der Waals surface area (Å²) >= 11 is 6.30. The van der Waals surface area contributed by atoms with E-state index in [9.17, 15) is 4.79 Å². The minimum absolute atomic E-state index is 0.208. The summed E-state index contributed by atoms with van der Waals surface area (Å²) in [5.41, 5.74) is 3.17. The second-order valence-corrected chi connectivity index (χ2v) is 8.69. The molecule has 0 fully saturated rings. The molecule has 0 aliphatic carbocycles. The molecular weight excluding hydrogens is 462 g/mol. The standard InChI is InChI=1S/C28H24ClN3O3/c1-18-27(19(2)32(31-18)16-21-9-4-6-12-24(21)29)30-28(33)26-15-14-22(35-26)17-34-25-13-7-10-20-8-3-5-11-23(20)25/h3-15H,16-17H2,1-2H3,(H,30,33). The summed E-state index contributed by atoms with van der Waals surface area (Å²) < 4.78 is 13.6. The van der Waals surface area contributed by atoms with Gasteiger partial charge in [-0.05, 0) is 49.1 Å². The van der Waals surface area contributed by atoms with Crippen LogP contribution in [0.4, 0.5) is 5.69 Å². The molecular formula is C28H24ClN3O3. The molecule has 0 spiro atoms. The number of anilines is 1. The van der Waals surface area contributed by atoms with Gasteiger partial charge in [-0.1, -0.05) is 66.2 Å². The van der Waals surface area contributed by atoms with Crippen molar-refractivity contribution >= 4 is 34.0 Å². The van der Waals surface area contributed by atoms with Crippen LogP contribution in [0.3, 0.4) is 0 Å². The molecule has 6 nitrogen and oxygen atoms in total. The molecule has 1 N–H and O–H groups in total. The number of nitrogens with one attached hydrogen (secondary N) is 1. The predicted octanol–water partition coefficient (Wildman–Crippen LogP) is 6.78. The number of amides is 1. The molecule has 0 atom stereocenters. The normalized spacial score (nSPS) is 11.1. The van der Waals surface area contributed by atoms with Gasteiger partial charge in [0.05, 0.1) is 23.6 Å². The predicted molar refractivity (Wildman–Crippen MR) is 137 cm³/mol. The molecule has 176 valence electrons. The highest BCUT2D eigenvalue weighted by atomic mass is 35.5. The van der Waals surface area contributed by atoms with E-state index in [0.717, 1.165) is 27.8 Å². The van der Waals surface area contributed by atoms with Crippen LogP contribution in [0.25, 0.3) is 10.8 Å². The van der Waals surface area contributed by atoms with Crippen molar-refractivity contribution < 1.29 is 13.9 Å². The van der Waals surface area contributed by atoms with Crippen LogP contribution in [0.1, 0.15) is 33.3 Å². The van der Waals surface area contributed by atoms with E-state index in [1.165, 1.54) is 0 Å². The molecule has 1 amide bonds. The van der Waals surface area contributed by atoms with Crippen LogP contribution >= 0.6 is 11.6 Å². The Hall–Kier alpha value is -4.03. The summed E-state index contributed by atoms with van der Waals surface area (Å²) in [6, 6.07) is 25.0. The van der Waals surface area contributed by atoms with Gasteiger partial charge in [-0.3, -0.25) is 9.48 Å². The molecule has 3 aromatic carbocycles. The van der Waals surface area contributed by atoms with Crippen molar-refractivity contribution in [2.75, 3.05) is 5.32 Å². The summed E-state index contributed by atoms with van der Waals surface area (Å²) in [7, 11) is 0. The van der Waals surface area contributed by atoms with Gasteiger partial charge in [0.15, 0.2) is 5.76 Å². The van der Waals surface area contributed by atoms with E-state index in [1.807, 2.05) is 85.3 Å². The average molecular weight is 486 g/mol. The first kappa shape index (κ1) is 22.7. The fourth-order valence-electron chi connectivity index (χ4n) is 4.04. The molecule has 0 bridgehead atoms. The Balaban J connectivity index is 1.27. The number of aromatic nitrogens is 2. The third-order valence-corrected chi connectivity index (χ3v) is 6.27. The highest BCUT2D eigenvalue weighted by molar-refractivity contribution is 6.31. The van der Waals surface area contributed by atoms with E-state index in [1.54, 1.807) is 12.1 Å². The topological polar surface area (TPSA) is 69.3 Å². The number of carbonyl (C=O) groups is 1. The van der Waals surface area contributed by atoms with E-state index >= 15 is 0 Å². The monoisotopic (exact) mass is 485 g/mol. The molecule has 0 aliphatic rings. The zero-order valence-electron chi connectivity index (χ0n) is 19.4. The number of hydrogen-bond donors (Lipinski definition) is 1. The number of ether oxygens (including phenoxy) is 1. The van der Waals surface area contributed by atoms with Crippen LogP contribution in [-0.2, 0) is 13.2 Å². The Morgan fingerprint density at radius 3 is 2.63 bits per heavy atom. The molecule has 0 radical (unpaired) electrons. The molecule has 0 saturated carbocycles. The van der Waals surface area contributed by atoms with Gasteiger partial charge < -0.3 is 14.5 Å². The van der Waals surface area contributed by atoms with Crippen LogP contribution in [0, 0.1) is 13.8 Å². The maximum absolute atomic E-state index is 12.9. The molecule has 0 saturated heterocycles. The summed E-state index contributed by atoms with van der Waals surface area (Å²) in [6.07, 6.45) is 0. The number of benzene rings is 3.